The van der Waals surface area contributed by atoms with Crippen LogP contribution in [0.15, 0.2) is 65.6 Å². The van der Waals surface area contributed by atoms with E-state index in [1.807, 2.05) is 36.4 Å². The van der Waals surface area contributed by atoms with E-state index in [9.17, 15) is 18.0 Å². The van der Waals surface area contributed by atoms with Crippen LogP contribution >= 0.6 is 0 Å². The summed E-state index contributed by atoms with van der Waals surface area (Å²) >= 11 is 0. The molecule has 2 amide bonds. The fourth-order valence-corrected chi connectivity index (χ4v) is 5.34. The first-order valence-electron chi connectivity index (χ1n) is 11.1. The highest BCUT2D eigenvalue weighted by Crippen LogP contribution is 2.40. The van der Waals surface area contributed by atoms with Crippen molar-refractivity contribution in [1.29, 1.82) is 0 Å². The molecule has 1 atom stereocenters. The highest BCUT2D eigenvalue weighted by Gasteiger charge is 2.56. The lowest BCUT2D eigenvalue weighted by Gasteiger charge is -2.49. The van der Waals surface area contributed by atoms with Crippen molar-refractivity contribution >= 4 is 33.6 Å². The molecule has 1 aliphatic heterocycles. The molecule has 7 nitrogen and oxygen atoms in total. The van der Waals surface area contributed by atoms with Crippen molar-refractivity contribution in [3.05, 3.63) is 66.2 Å². The zero-order valence-electron chi connectivity index (χ0n) is 18.9. The quantitative estimate of drug-likeness (QED) is 0.634. The van der Waals surface area contributed by atoms with E-state index in [0.29, 0.717) is 5.69 Å². The van der Waals surface area contributed by atoms with Gasteiger partial charge in [0.05, 0.1) is 11.3 Å². The van der Waals surface area contributed by atoms with Gasteiger partial charge in [0.15, 0.2) is 5.54 Å². The first-order valence-corrected chi connectivity index (χ1v) is 12.6. The van der Waals surface area contributed by atoms with Crippen LogP contribution < -0.4 is 10.2 Å². The Bertz CT molecular complexity index is 1150. The van der Waals surface area contributed by atoms with E-state index in [2.05, 4.69) is 5.32 Å². The van der Waals surface area contributed by atoms with E-state index < -0.39 is 15.6 Å². The topological polar surface area (TPSA) is 86.8 Å². The summed E-state index contributed by atoms with van der Waals surface area (Å²) in [6, 6.07) is 15.8. The lowest BCUT2D eigenvalue weighted by Crippen LogP contribution is -2.70. The predicted molar refractivity (Wildman–Crippen MR) is 128 cm³/mol. The van der Waals surface area contributed by atoms with Gasteiger partial charge in [0.2, 0.25) is 15.9 Å². The van der Waals surface area contributed by atoms with Gasteiger partial charge in [-0.1, -0.05) is 49.2 Å². The zero-order chi connectivity index (χ0) is 23.6. The second kappa shape index (κ2) is 9.11. The number of anilines is 1. The zero-order valence-corrected chi connectivity index (χ0v) is 19.7. The maximum atomic E-state index is 13.5. The van der Waals surface area contributed by atoms with Crippen LogP contribution in [0, 0.1) is 0 Å². The minimum atomic E-state index is -3.59. The molecular weight excluding hydrogens is 438 g/mol. The normalized spacial score (nSPS) is 21.5. The fraction of sp³-hybridized carbons (Fsp3) is 0.360. The molecule has 4 rings (SSSR count). The first-order chi connectivity index (χ1) is 15.7. The van der Waals surface area contributed by atoms with Crippen LogP contribution in [0.3, 0.4) is 0 Å². The number of rotatable bonds is 7. The van der Waals surface area contributed by atoms with Crippen molar-refractivity contribution in [3.8, 4) is 0 Å². The van der Waals surface area contributed by atoms with Gasteiger partial charge in [0.1, 0.15) is 0 Å². The molecule has 0 bridgehead atoms. The number of carbonyl (C=O) groups is 2. The smallest absolute Gasteiger partial charge is 0.251 e. The molecule has 33 heavy (non-hydrogen) atoms. The van der Waals surface area contributed by atoms with Gasteiger partial charge >= 0.3 is 0 Å². The molecule has 1 heterocycles. The summed E-state index contributed by atoms with van der Waals surface area (Å²) in [5, 5.41) is 3.14. The van der Waals surface area contributed by atoms with Crippen molar-refractivity contribution in [1.82, 2.24) is 9.62 Å². The average molecular weight is 468 g/mol. The van der Waals surface area contributed by atoms with Gasteiger partial charge in [-0.3, -0.25) is 14.5 Å². The lowest BCUT2D eigenvalue weighted by molar-refractivity contribution is -0.137. The molecule has 2 aromatic carbocycles. The van der Waals surface area contributed by atoms with E-state index in [4.69, 9.17) is 0 Å². The highest BCUT2D eigenvalue weighted by atomic mass is 32.2. The number of hydrogen-bond donors (Lipinski definition) is 1. The standard InChI is InChI=1S/C25H29N3O4S/c1-27(2)33(31,32)22-14-12-21(13-15-22)28-23(29)18-25(28,17-16-19-8-4-3-5-9-19)24(30)26-20-10-6-7-11-20/h3-5,8-9,12-17,20H,6-7,10-11,18H2,1-2H3,(H,26,30)/b17-16+/t25-/m0/s1. The van der Waals surface area contributed by atoms with Gasteiger partial charge in [-0.25, -0.2) is 12.7 Å². The van der Waals surface area contributed by atoms with Crippen molar-refractivity contribution < 1.29 is 18.0 Å². The first kappa shape index (κ1) is 23.2. The van der Waals surface area contributed by atoms with Gasteiger partial charge in [-0.05, 0) is 48.7 Å². The highest BCUT2D eigenvalue weighted by molar-refractivity contribution is 7.89. The van der Waals surface area contributed by atoms with Crippen LogP contribution in [0.4, 0.5) is 5.69 Å². The summed E-state index contributed by atoms with van der Waals surface area (Å²) in [4.78, 5) is 27.9. The minimum absolute atomic E-state index is 0.0621. The Kier molecular flexibility index (Phi) is 6.41. The summed E-state index contributed by atoms with van der Waals surface area (Å²) in [6.45, 7) is 0. The molecule has 1 N–H and O–H groups in total. The van der Waals surface area contributed by atoms with Crippen molar-refractivity contribution in [2.75, 3.05) is 19.0 Å². The van der Waals surface area contributed by atoms with E-state index in [1.54, 1.807) is 18.2 Å². The molecule has 0 radical (unpaired) electrons. The van der Waals surface area contributed by atoms with Gasteiger partial charge in [0.25, 0.3) is 5.91 Å². The Morgan fingerprint density at radius 3 is 2.27 bits per heavy atom. The predicted octanol–water partition coefficient (Wildman–Crippen LogP) is 3.18. The number of carbonyl (C=O) groups excluding carboxylic acids is 2. The summed E-state index contributed by atoms with van der Waals surface area (Å²) in [6.07, 6.45) is 7.76. The monoisotopic (exact) mass is 467 g/mol. The van der Waals surface area contributed by atoms with Crippen LogP contribution in [0.25, 0.3) is 6.08 Å². The fourth-order valence-electron chi connectivity index (χ4n) is 4.44. The van der Waals surface area contributed by atoms with Crippen LogP contribution in [0.5, 0.6) is 0 Å². The molecule has 0 aromatic heterocycles. The summed E-state index contributed by atoms with van der Waals surface area (Å²) in [5.41, 5.74) is 0.262. The Morgan fingerprint density at radius 1 is 1.06 bits per heavy atom. The third-order valence-corrected chi connectivity index (χ3v) is 8.21. The molecule has 1 saturated heterocycles. The van der Waals surface area contributed by atoms with Crippen molar-refractivity contribution in [2.24, 2.45) is 0 Å². The number of sulfonamides is 1. The van der Waals surface area contributed by atoms with E-state index >= 15 is 0 Å². The average Bonchev–Trinajstić information content (AvgIpc) is 3.30. The number of β-lactam (4-membered cyclic amide) rings is 1. The lowest BCUT2D eigenvalue weighted by atomic mass is 9.80. The Morgan fingerprint density at radius 2 is 1.70 bits per heavy atom. The molecule has 2 fully saturated rings. The molecular formula is C25H29N3O4S. The largest absolute Gasteiger partial charge is 0.351 e. The van der Waals surface area contributed by atoms with Gasteiger partial charge in [0, 0.05) is 25.8 Å². The third kappa shape index (κ3) is 4.45. The van der Waals surface area contributed by atoms with Crippen LogP contribution in [-0.4, -0.2) is 50.2 Å². The number of nitrogens with zero attached hydrogens (tertiary/aromatic N) is 2. The van der Waals surface area contributed by atoms with Crippen molar-refractivity contribution in [2.45, 2.75) is 48.6 Å². The van der Waals surface area contributed by atoms with Crippen LogP contribution in [0.2, 0.25) is 0 Å². The van der Waals surface area contributed by atoms with Gasteiger partial charge in [-0.15, -0.1) is 0 Å². The van der Waals surface area contributed by atoms with Crippen LogP contribution in [-0.2, 0) is 19.6 Å². The molecule has 0 spiro atoms. The SMILES string of the molecule is CN(C)S(=O)(=O)c1ccc(N2C(=O)C[C@@]2(/C=C/c2ccccc2)C(=O)NC2CCCC2)cc1. The summed E-state index contributed by atoms with van der Waals surface area (Å²) in [5.74, 6) is -0.385. The molecule has 1 saturated carbocycles. The molecule has 0 unspecified atom stereocenters. The van der Waals surface area contributed by atoms with Crippen molar-refractivity contribution in [3.63, 3.8) is 0 Å². The maximum absolute atomic E-state index is 13.5. The Balaban J connectivity index is 1.69. The molecule has 8 heteroatoms. The third-order valence-electron chi connectivity index (χ3n) is 6.38. The summed E-state index contributed by atoms with van der Waals surface area (Å²) < 4.78 is 26.0. The Labute approximate surface area is 195 Å². The molecule has 2 aliphatic rings. The summed E-state index contributed by atoms with van der Waals surface area (Å²) in [7, 11) is -0.658. The Hall–Kier alpha value is -2.97. The molecule has 174 valence electrons. The number of hydrogen-bond acceptors (Lipinski definition) is 4. The maximum Gasteiger partial charge on any atom is 0.251 e. The molecule has 1 aliphatic carbocycles. The number of benzene rings is 2. The number of amides is 2. The van der Waals surface area contributed by atoms with Crippen LogP contribution in [0.1, 0.15) is 37.7 Å². The number of nitrogens with one attached hydrogen (secondary N) is 1. The van der Waals surface area contributed by atoms with E-state index in [0.717, 1.165) is 35.6 Å². The second-order valence-corrected chi connectivity index (χ2v) is 11.0. The van der Waals surface area contributed by atoms with Gasteiger partial charge in [-0.2, -0.15) is 0 Å². The second-order valence-electron chi connectivity index (χ2n) is 8.81. The minimum Gasteiger partial charge on any atom is -0.351 e. The van der Waals surface area contributed by atoms with Gasteiger partial charge < -0.3 is 5.32 Å². The van der Waals surface area contributed by atoms with E-state index in [-0.39, 0.29) is 29.2 Å². The molecule has 2 aromatic rings. The van der Waals surface area contributed by atoms with E-state index in [1.165, 1.54) is 31.1 Å².